The van der Waals surface area contributed by atoms with Crippen molar-refractivity contribution >= 4 is 5.69 Å². The van der Waals surface area contributed by atoms with Crippen LogP contribution in [0.5, 0.6) is 0 Å². The topological polar surface area (TPSA) is 32.7 Å². The first-order valence-corrected chi connectivity index (χ1v) is 6.21. The number of methoxy groups -OCH3 is 1. The largest absolute Gasteiger partial charge is 0.389 e. The third-order valence-corrected chi connectivity index (χ3v) is 2.91. The smallest absolute Gasteiger partial charge is 0.146 e. The van der Waals surface area contributed by atoms with E-state index in [9.17, 15) is 9.50 Å². The van der Waals surface area contributed by atoms with Crippen LogP contribution in [0, 0.1) is 5.82 Å². The molecule has 0 amide bonds. The van der Waals surface area contributed by atoms with Crippen molar-refractivity contribution in [2.45, 2.75) is 32.9 Å². The maximum Gasteiger partial charge on any atom is 0.146 e. The van der Waals surface area contributed by atoms with Gasteiger partial charge < -0.3 is 14.7 Å². The van der Waals surface area contributed by atoms with E-state index in [2.05, 4.69) is 0 Å². The van der Waals surface area contributed by atoms with Gasteiger partial charge in [0.25, 0.3) is 0 Å². The van der Waals surface area contributed by atoms with Crippen molar-refractivity contribution in [3.05, 3.63) is 29.6 Å². The molecule has 3 nitrogen and oxygen atoms in total. The first-order valence-electron chi connectivity index (χ1n) is 6.21. The zero-order chi connectivity index (χ0) is 13.7. The maximum atomic E-state index is 14.1. The summed E-state index contributed by atoms with van der Waals surface area (Å²) in [6, 6.07) is 4.93. The SMILES string of the molecule is COCCN(c1c(F)cccc1[C@@H](C)O)C(C)C. The van der Waals surface area contributed by atoms with Crippen LogP contribution in [0.2, 0.25) is 0 Å². The van der Waals surface area contributed by atoms with Gasteiger partial charge in [0.05, 0.1) is 18.4 Å². The predicted octanol–water partition coefficient (Wildman–Crippen LogP) is 2.74. The summed E-state index contributed by atoms with van der Waals surface area (Å²) in [5, 5.41) is 9.76. The fourth-order valence-corrected chi connectivity index (χ4v) is 1.99. The molecule has 1 rings (SSSR count). The molecule has 0 saturated carbocycles. The van der Waals surface area contributed by atoms with Crippen LogP contribution in [-0.2, 0) is 4.74 Å². The molecule has 0 aromatic heterocycles. The predicted molar refractivity (Wildman–Crippen MR) is 71.4 cm³/mol. The number of anilines is 1. The number of rotatable bonds is 6. The van der Waals surface area contributed by atoms with Gasteiger partial charge in [-0.05, 0) is 26.8 Å². The van der Waals surface area contributed by atoms with Crippen molar-refractivity contribution < 1.29 is 14.2 Å². The van der Waals surface area contributed by atoms with Gasteiger partial charge in [-0.1, -0.05) is 12.1 Å². The molecule has 1 aromatic carbocycles. The molecule has 0 radical (unpaired) electrons. The Kier molecular flexibility index (Phi) is 5.56. The van der Waals surface area contributed by atoms with Crippen LogP contribution in [0.3, 0.4) is 0 Å². The van der Waals surface area contributed by atoms with Crippen LogP contribution in [0.1, 0.15) is 32.4 Å². The maximum absolute atomic E-state index is 14.1. The number of hydrogen-bond acceptors (Lipinski definition) is 3. The van der Waals surface area contributed by atoms with Crippen LogP contribution in [0.4, 0.5) is 10.1 Å². The average molecular weight is 255 g/mol. The summed E-state index contributed by atoms with van der Waals surface area (Å²) < 4.78 is 19.1. The molecule has 0 aliphatic carbocycles. The van der Waals surface area contributed by atoms with Crippen molar-refractivity contribution in [3.63, 3.8) is 0 Å². The quantitative estimate of drug-likeness (QED) is 0.848. The molecule has 1 aromatic rings. The molecule has 102 valence electrons. The summed E-state index contributed by atoms with van der Waals surface area (Å²) in [7, 11) is 1.62. The minimum Gasteiger partial charge on any atom is -0.389 e. The number of halogens is 1. The Morgan fingerprint density at radius 1 is 1.33 bits per heavy atom. The van der Waals surface area contributed by atoms with Gasteiger partial charge in [0.15, 0.2) is 0 Å². The van der Waals surface area contributed by atoms with Crippen molar-refractivity contribution in [2.75, 3.05) is 25.2 Å². The van der Waals surface area contributed by atoms with E-state index in [-0.39, 0.29) is 11.9 Å². The molecule has 0 bridgehead atoms. The standard InChI is InChI=1S/C14H22FNO2/c1-10(2)16(8-9-18-4)14-12(11(3)17)6-5-7-13(14)15/h5-7,10-11,17H,8-9H2,1-4H3/t11-/m1/s1. The van der Waals surface area contributed by atoms with Crippen molar-refractivity contribution in [3.8, 4) is 0 Å². The van der Waals surface area contributed by atoms with Crippen LogP contribution in [0.25, 0.3) is 0 Å². The second-order valence-corrected chi connectivity index (χ2v) is 4.63. The molecule has 0 aliphatic heterocycles. The molecular weight excluding hydrogens is 233 g/mol. The van der Waals surface area contributed by atoms with Crippen LogP contribution < -0.4 is 4.90 Å². The van der Waals surface area contributed by atoms with E-state index in [1.54, 1.807) is 26.2 Å². The lowest BCUT2D eigenvalue weighted by Gasteiger charge is -2.31. The van der Waals surface area contributed by atoms with Crippen LogP contribution >= 0.6 is 0 Å². The fourth-order valence-electron chi connectivity index (χ4n) is 1.99. The summed E-state index contributed by atoms with van der Waals surface area (Å²) >= 11 is 0. The number of hydrogen-bond donors (Lipinski definition) is 1. The zero-order valence-corrected chi connectivity index (χ0v) is 11.5. The Labute approximate surface area is 108 Å². The van der Waals surface area contributed by atoms with E-state index >= 15 is 0 Å². The lowest BCUT2D eigenvalue weighted by Crippen LogP contribution is -2.35. The number of benzene rings is 1. The highest BCUT2D eigenvalue weighted by atomic mass is 19.1. The van der Waals surface area contributed by atoms with E-state index in [1.807, 2.05) is 18.7 Å². The highest BCUT2D eigenvalue weighted by Gasteiger charge is 2.20. The molecule has 0 spiro atoms. The molecule has 0 fully saturated rings. The minimum absolute atomic E-state index is 0.134. The normalized spacial score (nSPS) is 12.8. The molecule has 0 aliphatic rings. The van der Waals surface area contributed by atoms with E-state index in [4.69, 9.17) is 4.74 Å². The summed E-state index contributed by atoms with van der Waals surface area (Å²) in [6.07, 6.45) is -0.695. The Morgan fingerprint density at radius 3 is 2.50 bits per heavy atom. The lowest BCUT2D eigenvalue weighted by molar-refractivity contribution is 0.196. The highest BCUT2D eigenvalue weighted by molar-refractivity contribution is 5.56. The highest BCUT2D eigenvalue weighted by Crippen LogP contribution is 2.30. The Bertz CT molecular complexity index is 380. The number of aliphatic hydroxyl groups excluding tert-OH is 1. The number of aliphatic hydroxyl groups is 1. The van der Waals surface area contributed by atoms with Crippen LogP contribution in [0.15, 0.2) is 18.2 Å². The van der Waals surface area contributed by atoms with E-state index in [0.717, 1.165) is 0 Å². The van der Waals surface area contributed by atoms with E-state index < -0.39 is 6.10 Å². The molecule has 0 saturated heterocycles. The molecule has 0 unspecified atom stereocenters. The van der Waals surface area contributed by atoms with Crippen molar-refractivity contribution in [1.82, 2.24) is 0 Å². The van der Waals surface area contributed by atoms with Gasteiger partial charge in [-0.2, -0.15) is 0 Å². The number of para-hydroxylation sites is 1. The van der Waals surface area contributed by atoms with Gasteiger partial charge in [0, 0.05) is 25.3 Å². The molecule has 1 N–H and O–H groups in total. The zero-order valence-electron chi connectivity index (χ0n) is 11.5. The molecule has 18 heavy (non-hydrogen) atoms. The molecule has 0 heterocycles. The third-order valence-electron chi connectivity index (χ3n) is 2.91. The Morgan fingerprint density at radius 2 is 2.00 bits per heavy atom. The second-order valence-electron chi connectivity index (χ2n) is 4.63. The molecular formula is C14H22FNO2. The first kappa shape index (κ1) is 14.9. The summed E-state index contributed by atoms with van der Waals surface area (Å²) in [5.41, 5.74) is 1.08. The second kappa shape index (κ2) is 6.71. The number of nitrogens with zero attached hydrogens (tertiary/aromatic N) is 1. The number of ether oxygens (including phenoxy) is 1. The Hall–Kier alpha value is -1.13. The lowest BCUT2D eigenvalue weighted by atomic mass is 10.1. The third kappa shape index (κ3) is 3.43. The first-order chi connectivity index (χ1) is 8.49. The average Bonchev–Trinajstić information content (AvgIpc) is 2.30. The van der Waals surface area contributed by atoms with Gasteiger partial charge in [-0.25, -0.2) is 4.39 Å². The van der Waals surface area contributed by atoms with Crippen molar-refractivity contribution in [1.29, 1.82) is 0 Å². The minimum atomic E-state index is -0.695. The summed E-state index contributed by atoms with van der Waals surface area (Å²) in [6.45, 7) is 6.75. The monoisotopic (exact) mass is 255 g/mol. The van der Waals surface area contributed by atoms with E-state index in [0.29, 0.717) is 24.4 Å². The van der Waals surface area contributed by atoms with Gasteiger partial charge >= 0.3 is 0 Å². The molecule has 4 heteroatoms. The summed E-state index contributed by atoms with van der Waals surface area (Å²) in [5.74, 6) is -0.307. The van der Waals surface area contributed by atoms with Gasteiger partial charge in [-0.3, -0.25) is 0 Å². The van der Waals surface area contributed by atoms with Gasteiger partial charge in [0.1, 0.15) is 5.82 Å². The summed E-state index contributed by atoms with van der Waals surface area (Å²) in [4.78, 5) is 1.92. The van der Waals surface area contributed by atoms with E-state index in [1.165, 1.54) is 6.07 Å². The Balaban J connectivity index is 3.17. The fraction of sp³-hybridized carbons (Fsp3) is 0.571. The van der Waals surface area contributed by atoms with Crippen molar-refractivity contribution in [2.24, 2.45) is 0 Å². The van der Waals surface area contributed by atoms with Gasteiger partial charge in [0.2, 0.25) is 0 Å². The van der Waals surface area contributed by atoms with Crippen LogP contribution in [-0.4, -0.2) is 31.4 Å². The van der Waals surface area contributed by atoms with Gasteiger partial charge in [-0.15, -0.1) is 0 Å². The molecule has 1 atom stereocenters.